The summed E-state index contributed by atoms with van der Waals surface area (Å²) in [7, 11) is 0. The van der Waals surface area contributed by atoms with Crippen molar-refractivity contribution < 1.29 is 4.79 Å². The van der Waals surface area contributed by atoms with E-state index in [1.165, 1.54) is 17.5 Å². The SMILES string of the molecule is O=C=NCc1cc(Br)c2c(c1)CCC2. The number of benzene rings is 1. The Bertz CT molecular complexity index is 408. The first-order valence-electron chi connectivity index (χ1n) is 4.65. The van der Waals surface area contributed by atoms with Gasteiger partial charge in [-0.15, -0.1) is 0 Å². The monoisotopic (exact) mass is 251 g/mol. The minimum atomic E-state index is 0.440. The zero-order valence-corrected chi connectivity index (χ0v) is 9.30. The summed E-state index contributed by atoms with van der Waals surface area (Å²) in [6.07, 6.45) is 5.10. The van der Waals surface area contributed by atoms with Crippen molar-refractivity contribution in [1.82, 2.24) is 0 Å². The average molecular weight is 252 g/mol. The van der Waals surface area contributed by atoms with Crippen LogP contribution in [0.25, 0.3) is 0 Å². The lowest BCUT2D eigenvalue weighted by molar-refractivity contribution is 0.563. The Morgan fingerprint density at radius 1 is 1.43 bits per heavy atom. The van der Waals surface area contributed by atoms with Crippen LogP contribution < -0.4 is 0 Å². The topological polar surface area (TPSA) is 29.4 Å². The number of aliphatic imine (C=N–C) groups is 1. The molecule has 0 amide bonds. The number of carbonyl (C=O) groups excluding carboxylic acids is 1. The van der Waals surface area contributed by atoms with Crippen molar-refractivity contribution in [3.05, 3.63) is 33.3 Å². The smallest absolute Gasteiger partial charge is 0.211 e. The normalized spacial score (nSPS) is 13.5. The molecule has 0 N–H and O–H groups in total. The molecule has 0 heterocycles. The summed E-state index contributed by atoms with van der Waals surface area (Å²) < 4.78 is 1.16. The van der Waals surface area contributed by atoms with E-state index in [9.17, 15) is 4.79 Å². The summed E-state index contributed by atoms with van der Waals surface area (Å²) in [6, 6.07) is 4.19. The van der Waals surface area contributed by atoms with Crippen molar-refractivity contribution in [3.8, 4) is 0 Å². The molecule has 0 spiro atoms. The number of hydrogen-bond acceptors (Lipinski definition) is 2. The molecule has 0 bridgehead atoms. The van der Waals surface area contributed by atoms with Gasteiger partial charge in [0.25, 0.3) is 0 Å². The summed E-state index contributed by atoms with van der Waals surface area (Å²) in [4.78, 5) is 13.6. The third kappa shape index (κ3) is 1.79. The molecule has 1 aliphatic rings. The van der Waals surface area contributed by atoms with Gasteiger partial charge in [-0.3, -0.25) is 0 Å². The number of halogens is 1. The fourth-order valence-electron chi connectivity index (χ4n) is 1.93. The van der Waals surface area contributed by atoms with Gasteiger partial charge < -0.3 is 0 Å². The molecule has 2 nitrogen and oxygen atoms in total. The summed E-state index contributed by atoms with van der Waals surface area (Å²) >= 11 is 3.55. The Hall–Kier alpha value is -0.920. The molecule has 0 unspecified atom stereocenters. The maximum absolute atomic E-state index is 9.99. The lowest BCUT2D eigenvalue weighted by Crippen LogP contribution is -1.89. The molecule has 1 aromatic rings. The van der Waals surface area contributed by atoms with Crippen LogP contribution >= 0.6 is 15.9 Å². The van der Waals surface area contributed by atoms with Crippen molar-refractivity contribution in [1.29, 1.82) is 0 Å². The van der Waals surface area contributed by atoms with Crippen molar-refractivity contribution in [2.75, 3.05) is 0 Å². The van der Waals surface area contributed by atoms with Crippen molar-refractivity contribution >= 4 is 22.0 Å². The van der Waals surface area contributed by atoms with Gasteiger partial charge in [0.1, 0.15) is 0 Å². The highest BCUT2D eigenvalue weighted by molar-refractivity contribution is 9.10. The number of isocyanates is 1. The second-order valence-corrected chi connectivity index (χ2v) is 4.33. The van der Waals surface area contributed by atoms with Crippen LogP contribution in [0.5, 0.6) is 0 Å². The van der Waals surface area contributed by atoms with Gasteiger partial charge >= 0.3 is 0 Å². The highest BCUT2D eigenvalue weighted by Crippen LogP contribution is 2.30. The number of nitrogens with zero attached hydrogens (tertiary/aromatic N) is 1. The van der Waals surface area contributed by atoms with Crippen LogP contribution in [0, 0.1) is 0 Å². The fraction of sp³-hybridized carbons (Fsp3) is 0.364. The Balaban J connectivity index is 2.36. The molecule has 0 fully saturated rings. The zero-order valence-electron chi connectivity index (χ0n) is 7.72. The molecular formula is C11H10BrNO. The molecule has 0 radical (unpaired) electrons. The lowest BCUT2D eigenvalue weighted by Gasteiger charge is -2.04. The van der Waals surface area contributed by atoms with E-state index in [-0.39, 0.29) is 0 Å². The van der Waals surface area contributed by atoms with Gasteiger partial charge in [-0.1, -0.05) is 22.0 Å². The Labute approximate surface area is 91.2 Å². The van der Waals surface area contributed by atoms with Gasteiger partial charge in [-0.2, -0.15) is 0 Å². The van der Waals surface area contributed by atoms with E-state index in [0.717, 1.165) is 22.9 Å². The van der Waals surface area contributed by atoms with Crippen molar-refractivity contribution in [3.63, 3.8) is 0 Å². The molecule has 14 heavy (non-hydrogen) atoms. The van der Waals surface area contributed by atoms with E-state index in [2.05, 4.69) is 27.0 Å². The van der Waals surface area contributed by atoms with E-state index >= 15 is 0 Å². The third-order valence-corrected chi connectivity index (χ3v) is 3.25. The minimum absolute atomic E-state index is 0.440. The quantitative estimate of drug-likeness (QED) is 0.587. The number of aryl methyl sites for hydroxylation is 1. The van der Waals surface area contributed by atoms with Crippen LogP contribution in [-0.2, 0) is 24.2 Å². The molecule has 1 aliphatic carbocycles. The van der Waals surface area contributed by atoms with Gasteiger partial charge in [-0.25, -0.2) is 9.79 Å². The van der Waals surface area contributed by atoms with Gasteiger partial charge in [0.2, 0.25) is 6.08 Å². The second kappa shape index (κ2) is 4.07. The summed E-state index contributed by atoms with van der Waals surface area (Å²) in [5, 5.41) is 0. The maximum Gasteiger partial charge on any atom is 0.235 e. The Kier molecular flexibility index (Phi) is 2.80. The average Bonchev–Trinajstić information content (AvgIpc) is 2.63. The van der Waals surface area contributed by atoms with E-state index < -0.39 is 0 Å². The van der Waals surface area contributed by atoms with E-state index in [1.54, 1.807) is 6.08 Å². The largest absolute Gasteiger partial charge is 0.235 e. The van der Waals surface area contributed by atoms with Gasteiger partial charge in [0, 0.05) is 4.47 Å². The molecule has 1 aromatic carbocycles. The molecular weight excluding hydrogens is 242 g/mol. The summed E-state index contributed by atoms with van der Waals surface area (Å²) in [5.74, 6) is 0. The predicted octanol–water partition coefficient (Wildman–Crippen LogP) is 2.77. The molecule has 0 aliphatic heterocycles. The molecule has 3 heteroatoms. The van der Waals surface area contributed by atoms with E-state index in [4.69, 9.17) is 0 Å². The van der Waals surface area contributed by atoms with Crippen molar-refractivity contribution in [2.45, 2.75) is 25.8 Å². The Morgan fingerprint density at radius 3 is 3.07 bits per heavy atom. The van der Waals surface area contributed by atoms with Gasteiger partial charge in [0.15, 0.2) is 0 Å². The molecule has 2 rings (SSSR count). The van der Waals surface area contributed by atoms with Crippen LogP contribution in [-0.4, -0.2) is 6.08 Å². The summed E-state index contributed by atoms with van der Waals surface area (Å²) in [6.45, 7) is 0.440. The highest BCUT2D eigenvalue weighted by atomic mass is 79.9. The van der Waals surface area contributed by atoms with Gasteiger partial charge in [-0.05, 0) is 42.0 Å². The van der Waals surface area contributed by atoms with Crippen LogP contribution in [0.15, 0.2) is 21.6 Å². The second-order valence-electron chi connectivity index (χ2n) is 3.48. The highest BCUT2D eigenvalue weighted by Gasteiger charge is 2.14. The fourth-order valence-corrected chi connectivity index (χ4v) is 2.68. The van der Waals surface area contributed by atoms with Gasteiger partial charge in [0.05, 0.1) is 6.54 Å². The molecule has 0 saturated carbocycles. The maximum atomic E-state index is 9.99. The molecule has 72 valence electrons. The first-order chi connectivity index (χ1) is 6.81. The molecule has 0 atom stereocenters. The van der Waals surface area contributed by atoms with Crippen LogP contribution in [0.4, 0.5) is 0 Å². The molecule has 0 aromatic heterocycles. The van der Waals surface area contributed by atoms with Crippen LogP contribution in [0.1, 0.15) is 23.1 Å². The van der Waals surface area contributed by atoms with E-state index in [1.807, 2.05) is 6.07 Å². The van der Waals surface area contributed by atoms with Crippen molar-refractivity contribution in [2.24, 2.45) is 4.99 Å². The molecule has 0 saturated heterocycles. The standard InChI is InChI=1S/C11H10BrNO/c12-11-5-8(6-13-7-14)4-9-2-1-3-10(9)11/h4-5H,1-3,6H2. The number of fused-ring (bicyclic) bond motifs is 1. The third-order valence-electron chi connectivity index (χ3n) is 2.55. The minimum Gasteiger partial charge on any atom is -0.211 e. The Morgan fingerprint density at radius 2 is 2.29 bits per heavy atom. The first kappa shape index (κ1) is 9.63. The first-order valence-corrected chi connectivity index (χ1v) is 5.44. The predicted molar refractivity (Wildman–Crippen MR) is 58.0 cm³/mol. The number of hydrogen-bond donors (Lipinski definition) is 0. The zero-order chi connectivity index (χ0) is 9.97. The summed E-state index contributed by atoms with van der Waals surface area (Å²) in [5.41, 5.74) is 3.90. The van der Waals surface area contributed by atoms with E-state index in [0.29, 0.717) is 6.54 Å². The lowest BCUT2D eigenvalue weighted by atomic mass is 10.1. The van der Waals surface area contributed by atoms with Crippen LogP contribution in [0.3, 0.4) is 0 Å². The van der Waals surface area contributed by atoms with Crippen LogP contribution in [0.2, 0.25) is 0 Å². The number of rotatable bonds is 2.